The molecule has 15 heavy (non-hydrogen) atoms. The van der Waals surface area contributed by atoms with Crippen LogP contribution in [0, 0.1) is 0 Å². The van der Waals surface area contributed by atoms with Gasteiger partial charge in [-0.15, -0.1) is 27.9 Å². The smallest absolute Gasteiger partial charge is 0.302 e. The number of hydrogen-bond donors (Lipinski definition) is 0. The van der Waals surface area contributed by atoms with Gasteiger partial charge < -0.3 is 4.57 Å². The van der Waals surface area contributed by atoms with Crippen molar-refractivity contribution in [3.63, 3.8) is 0 Å². The highest BCUT2D eigenvalue weighted by molar-refractivity contribution is 8.38. The molecule has 0 radical (unpaired) electrons. The van der Waals surface area contributed by atoms with Crippen LogP contribution in [0.3, 0.4) is 0 Å². The molecule has 8 heteroatoms. The van der Waals surface area contributed by atoms with Gasteiger partial charge in [0.25, 0.3) is 0 Å². The molecule has 0 unspecified atom stereocenters. The van der Waals surface area contributed by atoms with E-state index < -0.39 is 10.0 Å². The monoisotopic (exact) mass is 265 g/mol. The minimum atomic E-state index is -3.65. The van der Waals surface area contributed by atoms with Crippen molar-refractivity contribution < 1.29 is 8.42 Å². The van der Waals surface area contributed by atoms with Crippen molar-refractivity contribution in [2.75, 3.05) is 12.5 Å². The molecule has 0 spiro atoms. The van der Waals surface area contributed by atoms with Crippen LogP contribution in [-0.4, -0.2) is 34.9 Å². The van der Waals surface area contributed by atoms with E-state index in [1.165, 1.54) is 36.0 Å². The van der Waals surface area contributed by atoms with E-state index in [-0.39, 0.29) is 5.03 Å². The Hall–Kier alpha value is -0.470. The first-order valence-corrected chi connectivity index (χ1v) is 7.79. The Morgan fingerprint density at radius 2 is 2.07 bits per heavy atom. The van der Waals surface area contributed by atoms with Crippen LogP contribution < -0.4 is 0 Å². The summed E-state index contributed by atoms with van der Waals surface area (Å²) in [6.07, 6.45) is 6.42. The van der Waals surface area contributed by atoms with Gasteiger partial charge in [-0.2, -0.15) is 8.42 Å². The summed E-state index contributed by atoms with van der Waals surface area (Å²) < 4.78 is 29.1. The molecule has 1 rings (SSSR count). The minimum Gasteiger partial charge on any atom is -0.339 e. The molecule has 0 bridgehead atoms. The number of aryl methyl sites for hydroxylation is 1. The minimum absolute atomic E-state index is 0.0226. The first kappa shape index (κ1) is 12.6. The molecule has 84 valence electrons. The zero-order valence-corrected chi connectivity index (χ0v) is 11.0. The Kier molecular flexibility index (Phi) is 4.23. The summed E-state index contributed by atoms with van der Waals surface area (Å²) in [4.78, 5) is 3.76. The maximum atomic E-state index is 11.7. The Morgan fingerprint density at radius 1 is 1.47 bits per heavy atom. The van der Waals surface area contributed by atoms with Crippen molar-refractivity contribution in [3.05, 3.63) is 12.5 Å². The summed E-state index contributed by atoms with van der Waals surface area (Å²) in [5.41, 5.74) is 0. The van der Waals surface area contributed by atoms with Gasteiger partial charge in [0.05, 0.1) is 6.33 Å². The number of imidazole rings is 1. The van der Waals surface area contributed by atoms with Gasteiger partial charge in [0.2, 0.25) is 0 Å². The molecule has 0 saturated heterocycles. The number of aromatic nitrogens is 2. The summed E-state index contributed by atoms with van der Waals surface area (Å²) in [5.74, 6) is 0. The van der Waals surface area contributed by atoms with E-state index in [1.54, 1.807) is 24.1 Å². The van der Waals surface area contributed by atoms with Crippen LogP contribution >= 0.6 is 23.5 Å². The highest BCUT2D eigenvalue weighted by Crippen LogP contribution is 2.16. The van der Waals surface area contributed by atoms with Gasteiger partial charge in [-0.1, -0.05) is 0 Å². The molecular formula is C7H11N3O2S3. The van der Waals surface area contributed by atoms with E-state index in [4.69, 9.17) is 0 Å². The molecule has 0 saturated carbocycles. The molecule has 1 heterocycles. The van der Waals surface area contributed by atoms with Gasteiger partial charge in [0.15, 0.2) is 5.03 Å². The molecule has 0 aromatic carbocycles. The first-order chi connectivity index (χ1) is 6.99. The highest BCUT2D eigenvalue weighted by Gasteiger charge is 2.16. The molecule has 0 aliphatic rings. The predicted molar refractivity (Wildman–Crippen MR) is 64.9 cm³/mol. The van der Waals surface area contributed by atoms with Gasteiger partial charge in [0.1, 0.15) is 4.38 Å². The van der Waals surface area contributed by atoms with E-state index in [1.807, 2.05) is 0 Å². The lowest BCUT2D eigenvalue weighted by Crippen LogP contribution is -2.00. The van der Waals surface area contributed by atoms with Crippen LogP contribution in [0.2, 0.25) is 0 Å². The third-order valence-electron chi connectivity index (χ3n) is 1.49. The molecule has 0 aliphatic heterocycles. The average molecular weight is 265 g/mol. The summed E-state index contributed by atoms with van der Waals surface area (Å²) in [5, 5.41) is -0.0226. The van der Waals surface area contributed by atoms with Crippen molar-refractivity contribution in [1.82, 2.24) is 9.55 Å². The van der Waals surface area contributed by atoms with E-state index in [2.05, 4.69) is 9.38 Å². The molecule has 1 aromatic rings. The summed E-state index contributed by atoms with van der Waals surface area (Å²) in [7, 11) is -1.94. The molecular weight excluding hydrogens is 254 g/mol. The van der Waals surface area contributed by atoms with Crippen LogP contribution in [0.1, 0.15) is 0 Å². The van der Waals surface area contributed by atoms with Crippen molar-refractivity contribution in [2.24, 2.45) is 11.4 Å². The van der Waals surface area contributed by atoms with Gasteiger partial charge in [-0.25, -0.2) is 4.98 Å². The molecule has 0 N–H and O–H groups in total. The Labute approximate surface area is 97.4 Å². The first-order valence-electron chi connectivity index (χ1n) is 3.90. The zero-order valence-electron chi connectivity index (χ0n) is 8.54. The summed E-state index contributed by atoms with van der Waals surface area (Å²) >= 11 is 2.59. The maximum absolute atomic E-state index is 11.7. The van der Waals surface area contributed by atoms with Crippen LogP contribution in [0.15, 0.2) is 21.9 Å². The number of thioether (sulfide) groups is 2. The van der Waals surface area contributed by atoms with E-state index in [9.17, 15) is 8.42 Å². The molecule has 0 atom stereocenters. The number of hydrogen-bond acceptors (Lipinski definition) is 5. The number of nitrogens with zero attached hydrogens (tertiary/aromatic N) is 3. The van der Waals surface area contributed by atoms with Crippen LogP contribution in [-0.2, 0) is 17.1 Å². The van der Waals surface area contributed by atoms with Crippen molar-refractivity contribution in [2.45, 2.75) is 5.03 Å². The Balaban J connectivity index is 3.09. The van der Waals surface area contributed by atoms with Crippen molar-refractivity contribution >= 4 is 37.9 Å². The maximum Gasteiger partial charge on any atom is 0.302 e. The second-order valence-electron chi connectivity index (χ2n) is 2.62. The largest absolute Gasteiger partial charge is 0.339 e. The van der Waals surface area contributed by atoms with Gasteiger partial charge >= 0.3 is 10.0 Å². The fourth-order valence-electron chi connectivity index (χ4n) is 0.825. The Morgan fingerprint density at radius 3 is 2.47 bits per heavy atom. The van der Waals surface area contributed by atoms with Crippen molar-refractivity contribution in [1.29, 1.82) is 0 Å². The third-order valence-corrected chi connectivity index (χ3v) is 4.76. The summed E-state index contributed by atoms with van der Waals surface area (Å²) in [6.45, 7) is 0. The average Bonchev–Trinajstić information content (AvgIpc) is 2.62. The van der Waals surface area contributed by atoms with E-state index in [0.29, 0.717) is 4.38 Å². The van der Waals surface area contributed by atoms with Gasteiger partial charge in [0, 0.05) is 13.2 Å². The van der Waals surface area contributed by atoms with E-state index >= 15 is 0 Å². The lowest BCUT2D eigenvalue weighted by Gasteiger charge is -1.97. The fraction of sp³-hybridized carbons (Fsp3) is 0.429. The number of sulfonamides is 1. The predicted octanol–water partition coefficient (Wildman–Crippen LogP) is 1.19. The standard InChI is InChI=1S/C7H11N3O2S3/c1-10-4-6(8-5-10)15(11,12)9-7(13-2)14-3/h4-5H,1-3H3. The second kappa shape index (κ2) is 5.04. The molecule has 0 aliphatic carbocycles. The topological polar surface area (TPSA) is 64.3 Å². The van der Waals surface area contributed by atoms with Gasteiger partial charge in [-0.05, 0) is 12.5 Å². The van der Waals surface area contributed by atoms with Gasteiger partial charge in [-0.3, -0.25) is 0 Å². The Bertz CT molecular complexity index is 458. The molecule has 0 amide bonds. The molecule has 1 aromatic heterocycles. The lowest BCUT2D eigenvalue weighted by molar-refractivity contribution is 0.595. The van der Waals surface area contributed by atoms with Crippen LogP contribution in [0.25, 0.3) is 0 Å². The van der Waals surface area contributed by atoms with Crippen LogP contribution in [0.4, 0.5) is 0 Å². The highest BCUT2D eigenvalue weighted by atomic mass is 32.2. The normalized spacial score (nSPS) is 11.4. The molecule has 5 nitrogen and oxygen atoms in total. The lowest BCUT2D eigenvalue weighted by atomic mass is 10.9. The summed E-state index contributed by atoms with van der Waals surface area (Å²) in [6, 6.07) is 0. The molecule has 0 fully saturated rings. The van der Waals surface area contributed by atoms with Crippen LogP contribution in [0.5, 0.6) is 0 Å². The fourth-order valence-corrected chi connectivity index (χ4v) is 3.45. The number of rotatable bonds is 2. The zero-order chi connectivity index (χ0) is 11.5. The SMILES string of the molecule is CSC(=NS(=O)(=O)c1cn(C)cn1)SC. The second-order valence-corrected chi connectivity index (χ2v) is 6.02. The van der Waals surface area contributed by atoms with Crippen molar-refractivity contribution in [3.8, 4) is 0 Å². The van der Waals surface area contributed by atoms with E-state index in [0.717, 1.165) is 0 Å². The quantitative estimate of drug-likeness (QED) is 0.593. The third kappa shape index (κ3) is 3.25.